The summed E-state index contributed by atoms with van der Waals surface area (Å²) >= 11 is 0. The summed E-state index contributed by atoms with van der Waals surface area (Å²) in [6.45, 7) is 0. The second kappa shape index (κ2) is 7.55. The highest BCUT2D eigenvalue weighted by molar-refractivity contribution is 5.92. The molecule has 3 aromatic rings. The van der Waals surface area contributed by atoms with Crippen LogP contribution in [0.25, 0.3) is 0 Å². The van der Waals surface area contributed by atoms with E-state index in [1.807, 2.05) is 60.7 Å². The van der Waals surface area contributed by atoms with Gasteiger partial charge in [0, 0.05) is 32.0 Å². The number of nitrogens with zero attached hydrogens (tertiary/aromatic N) is 3. The Morgan fingerprint density at radius 1 is 1.04 bits per heavy atom. The number of anilines is 1. The topological polar surface area (TPSA) is 59.2 Å². The number of aromatic nitrogens is 2. The molecule has 0 bridgehead atoms. The Kier molecular flexibility index (Phi) is 5.01. The van der Waals surface area contributed by atoms with E-state index in [4.69, 9.17) is 4.52 Å². The zero-order valence-electron chi connectivity index (χ0n) is 13.6. The molecule has 0 aliphatic heterocycles. The molecular formula is C19H19N3O2. The van der Waals surface area contributed by atoms with Gasteiger partial charge < -0.3 is 9.42 Å². The molecule has 0 N–H and O–H groups in total. The number of rotatable bonds is 6. The lowest BCUT2D eigenvalue weighted by atomic mass is 10.1. The monoisotopic (exact) mass is 321 g/mol. The van der Waals surface area contributed by atoms with Crippen LogP contribution < -0.4 is 4.90 Å². The van der Waals surface area contributed by atoms with Crippen LogP contribution in [0.4, 0.5) is 5.69 Å². The van der Waals surface area contributed by atoms with Gasteiger partial charge in [-0.05, 0) is 17.7 Å². The van der Waals surface area contributed by atoms with Gasteiger partial charge in [-0.2, -0.15) is 4.98 Å². The van der Waals surface area contributed by atoms with E-state index < -0.39 is 0 Å². The van der Waals surface area contributed by atoms with Gasteiger partial charge in [-0.3, -0.25) is 4.79 Å². The van der Waals surface area contributed by atoms with Crippen molar-refractivity contribution < 1.29 is 9.32 Å². The fraction of sp³-hybridized carbons (Fsp3) is 0.211. The third kappa shape index (κ3) is 4.07. The summed E-state index contributed by atoms with van der Waals surface area (Å²) in [5.41, 5.74) is 2.00. The molecule has 1 amide bonds. The molecule has 0 saturated heterocycles. The van der Waals surface area contributed by atoms with Crippen LogP contribution >= 0.6 is 0 Å². The van der Waals surface area contributed by atoms with Crippen LogP contribution in [0.15, 0.2) is 65.2 Å². The van der Waals surface area contributed by atoms with Gasteiger partial charge in [-0.15, -0.1) is 0 Å². The Morgan fingerprint density at radius 2 is 1.71 bits per heavy atom. The number of aryl methyl sites for hydroxylation is 1. The molecule has 1 heterocycles. The predicted octanol–water partition coefficient (Wildman–Crippen LogP) is 3.26. The molecule has 0 fully saturated rings. The van der Waals surface area contributed by atoms with E-state index in [0.29, 0.717) is 31.0 Å². The summed E-state index contributed by atoms with van der Waals surface area (Å²) in [4.78, 5) is 18.3. The average molecular weight is 321 g/mol. The Labute approximate surface area is 140 Å². The normalized spacial score (nSPS) is 10.5. The Morgan fingerprint density at radius 3 is 2.42 bits per heavy atom. The van der Waals surface area contributed by atoms with Crippen LogP contribution in [0.1, 0.15) is 23.7 Å². The standard InChI is InChI=1S/C19H19N3O2/c1-22(16-10-6-3-7-11-16)19(23)13-12-18-20-17(21-24-18)14-15-8-4-2-5-9-15/h2-11H,12-14H2,1H3. The molecule has 0 spiro atoms. The molecule has 122 valence electrons. The molecule has 0 saturated carbocycles. The van der Waals surface area contributed by atoms with Crippen molar-refractivity contribution in [3.8, 4) is 0 Å². The second-order valence-corrected chi connectivity index (χ2v) is 5.56. The van der Waals surface area contributed by atoms with Crippen molar-refractivity contribution in [2.75, 3.05) is 11.9 Å². The lowest BCUT2D eigenvalue weighted by Crippen LogP contribution is -2.26. The van der Waals surface area contributed by atoms with Gasteiger partial charge in [0.05, 0.1) is 0 Å². The van der Waals surface area contributed by atoms with E-state index in [1.54, 1.807) is 11.9 Å². The van der Waals surface area contributed by atoms with E-state index in [0.717, 1.165) is 11.3 Å². The summed E-state index contributed by atoms with van der Waals surface area (Å²) in [6, 6.07) is 19.5. The molecule has 0 atom stereocenters. The minimum atomic E-state index is 0.0176. The van der Waals surface area contributed by atoms with Crippen molar-refractivity contribution in [2.45, 2.75) is 19.3 Å². The first-order chi connectivity index (χ1) is 11.7. The number of hydrogen-bond donors (Lipinski definition) is 0. The molecule has 0 aliphatic rings. The fourth-order valence-electron chi connectivity index (χ4n) is 2.42. The minimum Gasteiger partial charge on any atom is -0.339 e. The predicted molar refractivity (Wildman–Crippen MR) is 91.7 cm³/mol. The van der Waals surface area contributed by atoms with Crippen LogP contribution in [0.5, 0.6) is 0 Å². The molecule has 5 heteroatoms. The first-order valence-corrected chi connectivity index (χ1v) is 7.89. The van der Waals surface area contributed by atoms with Crippen LogP contribution in [0.3, 0.4) is 0 Å². The van der Waals surface area contributed by atoms with Gasteiger partial charge in [0.25, 0.3) is 0 Å². The van der Waals surface area contributed by atoms with Gasteiger partial charge in [-0.1, -0.05) is 53.7 Å². The molecular weight excluding hydrogens is 302 g/mol. The lowest BCUT2D eigenvalue weighted by molar-refractivity contribution is -0.118. The number of hydrogen-bond acceptors (Lipinski definition) is 4. The molecule has 3 rings (SSSR count). The van der Waals surface area contributed by atoms with Gasteiger partial charge in [0.2, 0.25) is 11.8 Å². The number of amides is 1. The van der Waals surface area contributed by atoms with Gasteiger partial charge in [-0.25, -0.2) is 0 Å². The van der Waals surface area contributed by atoms with E-state index in [-0.39, 0.29) is 5.91 Å². The Balaban J connectivity index is 1.54. The van der Waals surface area contributed by atoms with E-state index >= 15 is 0 Å². The van der Waals surface area contributed by atoms with Crippen LogP contribution in [0.2, 0.25) is 0 Å². The molecule has 2 aromatic carbocycles. The minimum absolute atomic E-state index is 0.0176. The van der Waals surface area contributed by atoms with Gasteiger partial charge in [0.15, 0.2) is 5.82 Å². The van der Waals surface area contributed by atoms with Crippen molar-refractivity contribution in [3.63, 3.8) is 0 Å². The molecule has 24 heavy (non-hydrogen) atoms. The highest BCUT2D eigenvalue weighted by Gasteiger charge is 2.13. The summed E-state index contributed by atoms with van der Waals surface area (Å²) in [5, 5.41) is 3.98. The van der Waals surface area contributed by atoms with Crippen molar-refractivity contribution >= 4 is 11.6 Å². The SMILES string of the molecule is CN(C(=O)CCc1nc(Cc2ccccc2)no1)c1ccccc1. The quantitative estimate of drug-likeness (QED) is 0.699. The molecule has 1 aromatic heterocycles. The lowest BCUT2D eigenvalue weighted by Gasteiger charge is -2.16. The molecule has 0 unspecified atom stereocenters. The summed E-state index contributed by atoms with van der Waals surface area (Å²) in [7, 11) is 1.77. The summed E-state index contributed by atoms with van der Waals surface area (Å²) in [5.74, 6) is 1.15. The molecule has 5 nitrogen and oxygen atoms in total. The van der Waals surface area contributed by atoms with Crippen molar-refractivity contribution in [1.29, 1.82) is 0 Å². The highest BCUT2D eigenvalue weighted by atomic mass is 16.5. The Hall–Kier alpha value is -2.95. The van der Waals surface area contributed by atoms with Gasteiger partial charge in [0.1, 0.15) is 0 Å². The second-order valence-electron chi connectivity index (χ2n) is 5.56. The van der Waals surface area contributed by atoms with Crippen molar-refractivity contribution in [3.05, 3.63) is 77.9 Å². The first kappa shape index (κ1) is 15.9. The summed E-state index contributed by atoms with van der Waals surface area (Å²) in [6.07, 6.45) is 1.40. The maximum atomic E-state index is 12.3. The zero-order valence-corrected chi connectivity index (χ0v) is 13.6. The summed E-state index contributed by atoms with van der Waals surface area (Å²) < 4.78 is 5.24. The van der Waals surface area contributed by atoms with Gasteiger partial charge >= 0.3 is 0 Å². The first-order valence-electron chi connectivity index (χ1n) is 7.89. The zero-order chi connectivity index (χ0) is 16.8. The van der Waals surface area contributed by atoms with Crippen molar-refractivity contribution in [2.24, 2.45) is 0 Å². The number of benzene rings is 2. The Bertz CT molecular complexity index is 785. The maximum absolute atomic E-state index is 12.3. The third-order valence-electron chi connectivity index (χ3n) is 3.79. The van der Waals surface area contributed by atoms with E-state index in [1.165, 1.54) is 0 Å². The maximum Gasteiger partial charge on any atom is 0.227 e. The third-order valence-corrected chi connectivity index (χ3v) is 3.79. The average Bonchev–Trinajstić information content (AvgIpc) is 3.08. The number of carbonyl (C=O) groups is 1. The van der Waals surface area contributed by atoms with Crippen LogP contribution in [0, 0.1) is 0 Å². The number of carbonyl (C=O) groups excluding carboxylic acids is 1. The molecule has 0 radical (unpaired) electrons. The van der Waals surface area contributed by atoms with Crippen molar-refractivity contribution in [1.82, 2.24) is 10.1 Å². The largest absolute Gasteiger partial charge is 0.339 e. The highest BCUT2D eigenvalue weighted by Crippen LogP contribution is 2.13. The smallest absolute Gasteiger partial charge is 0.227 e. The van der Waals surface area contributed by atoms with E-state index in [9.17, 15) is 4.79 Å². The van der Waals surface area contributed by atoms with Crippen LogP contribution in [-0.2, 0) is 17.6 Å². The molecule has 0 aliphatic carbocycles. The van der Waals surface area contributed by atoms with Crippen LogP contribution in [-0.4, -0.2) is 23.1 Å². The number of para-hydroxylation sites is 1. The van der Waals surface area contributed by atoms with E-state index in [2.05, 4.69) is 10.1 Å². The fourth-order valence-corrected chi connectivity index (χ4v) is 2.42.